The molecule has 0 amide bonds. The van der Waals surface area contributed by atoms with E-state index in [-0.39, 0.29) is 5.82 Å². The van der Waals surface area contributed by atoms with E-state index < -0.39 is 0 Å². The van der Waals surface area contributed by atoms with Crippen LogP contribution in [0.3, 0.4) is 0 Å². The fraction of sp³-hybridized carbons (Fsp3) is 0. The summed E-state index contributed by atoms with van der Waals surface area (Å²) < 4.78 is 13.6. The van der Waals surface area contributed by atoms with Gasteiger partial charge in [0, 0.05) is 23.5 Å². The van der Waals surface area contributed by atoms with Crippen LogP contribution in [0.2, 0.25) is 0 Å². The maximum atomic E-state index is 13.6. The van der Waals surface area contributed by atoms with Gasteiger partial charge in [-0.2, -0.15) is 0 Å². The van der Waals surface area contributed by atoms with Crippen LogP contribution < -0.4 is 0 Å². The van der Waals surface area contributed by atoms with Crippen molar-refractivity contribution in [3.63, 3.8) is 0 Å². The minimum Gasteiger partial charge on any atom is -0.338 e. The molecule has 0 fully saturated rings. The highest BCUT2D eigenvalue weighted by Gasteiger charge is 2.08. The van der Waals surface area contributed by atoms with E-state index in [9.17, 15) is 4.39 Å². The van der Waals surface area contributed by atoms with Crippen LogP contribution in [0.1, 0.15) is 0 Å². The van der Waals surface area contributed by atoms with Crippen LogP contribution in [-0.2, 0) is 0 Å². The molecule has 0 unspecified atom stereocenters. The largest absolute Gasteiger partial charge is 0.338 e. The average molecular weight is 239 g/mol. The summed E-state index contributed by atoms with van der Waals surface area (Å²) in [6.07, 6.45) is 5.04. The van der Waals surface area contributed by atoms with Crippen molar-refractivity contribution in [2.24, 2.45) is 0 Å². The average Bonchev–Trinajstić information content (AvgIpc) is 2.90. The van der Waals surface area contributed by atoms with Gasteiger partial charge in [0.05, 0.1) is 11.9 Å². The molecule has 0 saturated carbocycles. The third-order valence-electron chi connectivity index (χ3n) is 2.67. The fourth-order valence-corrected chi connectivity index (χ4v) is 1.79. The number of H-pyrrole nitrogens is 1. The Labute approximate surface area is 103 Å². The third-order valence-corrected chi connectivity index (χ3v) is 2.67. The smallest absolute Gasteiger partial charge is 0.139 e. The number of rotatable bonds is 2. The zero-order valence-electron chi connectivity index (χ0n) is 9.47. The van der Waals surface area contributed by atoms with Crippen LogP contribution in [0.25, 0.3) is 22.6 Å². The molecular formula is C14H10FN3. The van der Waals surface area contributed by atoms with E-state index in [4.69, 9.17) is 0 Å². The highest BCUT2D eigenvalue weighted by molar-refractivity contribution is 5.64. The van der Waals surface area contributed by atoms with E-state index in [0.717, 1.165) is 5.56 Å². The second kappa shape index (κ2) is 4.41. The first-order valence-corrected chi connectivity index (χ1v) is 5.55. The zero-order valence-corrected chi connectivity index (χ0v) is 9.47. The van der Waals surface area contributed by atoms with Gasteiger partial charge in [0.2, 0.25) is 0 Å². The van der Waals surface area contributed by atoms with E-state index in [1.165, 1.54) is 6.07 Å². The van der Waals surface area contributed by atoms with E-state index in [1.54, 1.807) is 36.8 Å². The van der Waals surface area contributed by atoms with Crippen LogP contribution in [-0.4, -0.2) is 15.0 Å². The summed E-state index contributed by atoms with van der Waals surface area (Å²) in [5.74, 6) is 0.417. The lowest BCUT2D eigenvalue weighted by Gasteiger charge is -1.99. The Bertz CT molecular complexity index is 662. The van der Waals surface area contributed by atoms with Crippen LogP contribution in [0.15, 0.2) is 55.0 Å². The Morgan fingerprint density at radius 3 is 2.67 bits per heavy atom. The van der Waals surface area contributed by atoms with Crippen molar-refractivity contribution in [1.29, 1.82) is 0 Å². The maximum absolute atomic E-state index is 13.6. The Hall–Kier alpha value is -2.49. The molecule has 1 N–H and O–H groups in total. The maximum Gasteiger partial charge on any atom is 0.139 e. The minimum atomic E-state index is -0.265. The molecule has 18 heavy (non-hydrogen) atoms. The van der Waals surface area contributed by atoms with E-state index in [0.29, 0.717) is 17.1 Å². The summed E-state index contributed by atoms with van der Waals surface area (Å²) in [5, 5.41) is 0. The summed E-state index contributed by atoms with van der Waals surface area (Å²) >= 11 is 0. The molecule has 0 aliphatic rings. The number of pyridine rings is 1. The topological polar surface area (TPSA) is 41.6 Å². The molecule has 2 aromatic heterocycles. The summed E-state index contributed by atoms with van der Waals surface area (Å²) in [6, 6.07) is 10.3. The van der Waals surface area contributed by atoms with Gasteiger partial charge in [-0.3, -0.25) is 4.98 Å². The van der Waals surface area contributed by atoms with Gasteiger partial charge in [-0.05, 0) is 24.3 Å². The van der Waals surface area contributed by atoms with Gasteiger partial charge in [0.1, 0.15) is 11.6 Å². The molecular weight excluding hydrogens is 229 g/mol. The SMILES string of the molecule is Fc1ccccc1-c1cnc(-c2cccnc2)[nH]1. The van der Waals surface area contributed by atoms with Crippen molar-refractivity contribution in [2.45, 2.75) is 0 Å². The number of hydrogen-bond acceptors (Lipinski definition) is 2. The van der Waals surface area contributed by atoms with Crippen LogP contribution in [0.4, 0.5) is 4.39 Å². The minimum absolute atomic E-state index is 0.265. The van der Waals surface area contributed by atoms with Crippen molar-refractivity contribution in [3.8, 4) is 22.6 Å². The second-order valence-corrected chi connectivity index (χ2v) is 3.87. The predicted octanol–water partition coefficient (Wildman–Crippen LogP) is 3.28. The van der Waals surface area contributed by atoms with Crippen LogP contribution in [0, 0.1) is 5.82 Å². The fourth-order valence-electron chi connectivity index (χ4n) is 1.79. The number of nitrogens with zero attached hydrogens (tertiary/aromatic N) is 2. The number of benzene rings is 1. The molecule has 0 aliphatic carbocycles. The number of halogens is 1. The summed E-state index contributed by atoms with van der Waals surface area (Å²) in [4.78, 5) is 11.4. The van der Waals surface area contributed by atoms with Gasteiger partial charge in [-0.15, -0.1) is 0 Å². The van der Waals surface area contributed by atoms with Crippen molar-refractivity contribution in [2.75, 3.05) is 0 Å². The monoisotopic (exact) mass is 239 g/mol. The predicted molar refractivity (Wildman–Crippen MR) is 67.2 cm³/mol. The van der Waals surface area contributed by atoms with E-state index in [1.807, 2.05) is 12.1 Å². The Morgan fingerprint density at radius 1 is 1.00 bits per heavy atom. The molecule has 0 saturated heterocycles. The molecule has 0 bridgehead atoms. The third kappa shape index (κ3) is 1.88. The lowest BCUT2D eigenvalue weighted by molar-refractivity contribution is 0.631. The van der Waals surface area contributed by atoms with E-state index >= 15 is 0 Å². The normalized spacial score (nSPS) is 10.5. The van der Waals surface area contributed by atoms with Gasteiger partial charge < -0.3 is 4.98 Å². The molecule has 2 heterocycles. The van der Waals surface area contributed by atoms with Crippen LogP contribution in [0.5, 0.6) is 0 Å². The first-order valence-electron chi connectivity index (χ1n) is 5.55. The van der Waals surface area contributed by atoms with Gasteiger partial charge >= 0.3 is 0 Å². The summed E-state index contributed by atoms with van der Waals surface area (Å²) in [5.41, 5.74) is 2.05. The highest BCUT2D eigenvalue weighted by atomic mass is 19.1. The molecule has 4 heteroatoms. The molecule has 3 nitrogen and oxygen atoms in total. The molecule has 0 radical (unpaired) electrons. The Balaban J connectivity index is 2.03. The number of imidazole rings is 1. The molecule has 88 valence electrons. The Morgan fingerprint density at radius 2 is 1.89 bits per heavy atom. The molecule has 0 spiro atoms. The number of hydrogen-bond donors (Lipinski definition) is 1. The van der Waals surface area contributed by atoms with Gasteiger partial charge in [-0.1, -0.05) is 12.1 Å². The van der Waals surface area contributed by atoms with Gasteiger partial charge in [0.25, 0.3) is 0 Å². The van der Waals surface area contributed by atoms with Gasteiger partial charge in [0.15, 0.2) is 0 Å². The Kier molecular flexibility index (Phi) is 2.61. The first-order chi connectivity index (χ1) is 8.84. The molecule has 3 aromatic rings. The number of aromatic amines is 1. The van der Waals surface area contributed by atoms with E-state index in [2.05, 4.69) is 15.0 Å². The highest BCUT2D eigenvalue weighted by Crippen LogP contribution is 2.23. The summed E-state index contributed by atoms with van der Waals surface area (Å²) in [6.45, 7) is 0. The molecule has 0 atom stereocenters. The lowest BCUT2D eigenvalue weighted by atomic mass is 10.1. The van der Waals surface area contributed by atoms with Crippen molar-refractivity contribution >= 4 is 0 Å². The van der Waals surface area contributed by atoms with Crippen molar-refractivity contribution in [3.05, 3.63) is 60.8 Å². The van der Waals surface area contributed by atoms with Crippen LogP contribution >= 0.6 is 0 Å². The first kappa shape index (κ1) is 10.7. The number of nitrogens with one attached hydrogen (secondary N) is 1. The zero-order chi connectivity index (χ0) is 12.4. The second-order valence-electron chi connectivity index (χ2n) is 3.87. The number of aromatic nitrogens is 3. The lowest BCUT2D eigenvalue weighted by Crippen LogP contribution is -1.84. The van der Waals surface area contributed by atoms with Crippen molar-refractivity contribution < 1.29 is 4.39 Å². The molecule has 3 rings (SSSR count). The molecule has 1 aromatic carbocycles. The summed E-state index contributed by atoms with van der Waals surface area (Å²) in [7, 11) is 0. The standard InChI is InChI=1S/C14H10FN3/c15-12-6-2-1-5-11(12)13-9-17-14(18-13)10-4-3-7-16-8-10/h1-9H,(H,17,18). The van der Waals surface area contributed by atoms with Gasteiger partial charge in [-0.25, -0.2) is 9.37 Å². The quantitative estimate of drug-likeness (QED) is 0.745. The molecule has 0 aliphatic heterocycles. The van der Waals surface area contributed by atoms with Crippen molar-refractivity contribution in [1.82, 2.24) is 15.0 Å².